The van der Waals surface area contributed by atoms with E-state index in [1.165, 1.54) is 0 Å². The molecule has 132 valence electrons. The van der Waals surface area contributed by atoms with Crippen molar-refractivity contribution in [1.82, 2.24) is 25.5 Å². The molecule has 1 N–H and O–H groups in total. The molecule has 24 heavy (non-hydrogen) atoms. The van der Waals surface area contributed by atoms with Crippen LogP contribution in [0.25, 0.3) is 0 Å². The second-order valence-electron chi connectivity index (χ2n) is 4.87. The molecule has 0 aliphatic rings. The van der Waals surface area contributed by atoms with Crippen molar-refractivity contribution >= 4 is 23.4 Å². The summed E-state index contributed by atoms with van der Waals surface area (Å²) in [7, 11) is 1.82. The Kier molecular flexibility index (Phi) is 7.61. The van der Waals surface area contributed by atoms with Gasteiger partial charge in [-0.2, -0.15) is 0 Å². The molecule has 1 aromatic carbocycles. The molecule has 0 aliphatic carbocycles. The molecule has 0 fully saturated rings. The van der Waals surface area contributed by atoms with Crippen molar-refractivity contribution in [3.05, 3.63) is 22.7 Å². The molecular weight excluding hydrogens is 350 g/mol. The van der Waals surface area contributed by atoms with E-state index in [1.807, 2.05) is 33.0 Å². The fourth-order valence-corrected chi connectivity index (χ4v) is 3.00. The Hall–Kier alpha value is -1.51. The molecule has 0 radical (unpaired) electrons. The first-order valence-electron chi connectivity index (χ1n) is 7.79. The molecule has 0 aliphatic heterocycles. The average molecular weight is 372 g/mol. The third-order valence-corrected chi connectivity index (χ3v) is 4.48. The normalized spacial score (nSPS) is 10.8. The van der Waals surface area contributed by atoms with E-state index in [0.717, 1.165) is 28.8 Å². The Bertz CT molecular complexity index is 653. The molecule has 7 nitrogen and oxygen atoms in total. The van der Waals surface area contributed by atoms with Crippen LogP contribution in [0.4, 0.5) is 0 Å². The summed E-state index contributed by atoms with van der Waals surface area (Å²) in [5, 5.41) is 16.2. The largest absolute Gasteiger partial charge is 0.490 e. The molecule has 1 heterocycles. The first-order chi connectivity index (χ1) is 11.7. The zero-order valence-corrected chi connectivity index (χ0v) is 15.7. The first-order valence-corrected chi connectivity index (χ1v) is 9.15. The van der Waals surface area contributed by atoms with Crippen LogP contribution >= 0.6 is 23.4 Å². The Balaban J connectivity index is 1.87. The Morgan fingerprint density at radius 1 is 1.21 bits per heavy atom. The van der Waals surface area contributed by atoms with Crippen LogP contribution in [0.3, 0.4) is 0 Å². The van der Waals surface area contributed by atoms with Gasteiger partial charge in [-0.3, -0.25) is 0 Å². The van der Waals surface area contributed by atoms with Crippen LogP contribution in [0.1, 0.15) is 19.4 Å². The SMILES string of the molecule is CCOc1cc(Cl)c(CNCCSc2nnnn2C)cc1OCC. The number of tetrazole rings is 1. The van der Waals surface area contributed by atoms with Crippen LogP contribution in [0.2, 0.25) is 5.02 Å². The number of aryl methyl sites for hydroxylation is 1. The number of nitrogens with zero attached hydrogens (tertiary/aromatic N) is 4. The third-order valence-electron chi connectivity index (χ3n) is 3.12. The van der Waals surface area contributed by atoms with Crippen molar-refractivity contribution in [2.45, 2.75) is 25.5 Å². The summed E-state index contributed by atoms with van der Waals surface area (Å²) >= 11 is 7.94. The van der Waals surface area contributed by atoms with Gasteiger partial charge in [-0.05, 0) is 35.9 Å². The van der Waals surface area contributed by atoms with E-state index in [2.05, 4.69) is 20.8 Å². The number of aromatic nitrogens is 4. The van der Waals surface area contributed by atoms with E-state index in [1.54, 1.807) is 16.4 Å². The topological polar surface area (TPSA) is 74.1 Å². The summed E-state index contributed by atoms with van der Waals surface area (Å²) < 4.78 is 12.9. The van der Waals surface area contributed by atoms with Gasteiger partial charge in [0.2, 0.25) is 5.16 Å². The van der Waals surface area contributed by atoms with Crippen molar-refractivity contribution in [2.24, 2.45) is 7.05 Å². The summed E-state index contributed by atoms with van der Waals surface area (Å²) in [5.41, 5.74) is 0.980. The zero-order valence-electron chi connectivity index (χ0n) is 14.1. The quantitative estimate of drug-likeness (QED) is 0.508. The molecule has 0 amide bonds. The van der Waals surface area contributed by atoms with E-state index in [9.17, 15) is 0 Å². The Morgan fingerprint density at radius 3 is 2.54 bits per heavy atom. The number of rotatable bonds is 10. The number of halogens is 1. The molecule has 2 rings (SSSR count). The van der Waals surface area contributed by atoms with E-state index in [4.69, 9.17) is 21.1 Å². The number of nitrogens with one attached hydrogen (secondary N) is 1. The molecule has 0 saturated carbocycles. The van der Waals surface area contributed by atoms with E-state index in [0.29, 0.717) is 30.5 Å². The highest BCUT2D eigenvalue weighted by molar-refractivity contribution is 7.99. The predicted molar refractivity (Wildman–Crippen MR) is 95.0 cm³/mol. The number of thioether (sulfide) groups is 1. The molecule has 0 unspecified atom stereocenters. The molecule has 9 heteroatoms. The lowest BCUT2D eigenvalue weighted by molar-refractivity contribution is 0.287. The van der Waals surface area contributed by atoms with Crippen LogP contribution in [0.5, 0.6) is 11.5 Å². The summed E-state index contributed by atoms with van der Waals surface area (Å²) in [5.74, 6) is 2.26. The lowest BCUT2D eigenvalue weighted by atomic mass is 10.2. The highest BCUT2D eigenvalue weighted by Gasteiger charge is 2.11. The van der Waals surface area contributed by atoms with Gasteiger partial charge in [0.05, 0.1) is 13.2 Å². The second-order valence-corrected chi connectivity index (χ2v) is 6.34. The third kappa shape index (κ3) is 5.25. The smallest absolute Gasteiger partial charge is 0.209 e. The average Bonchev–Trinajstić information content (AvgIpc) is 2.96. The van der Waals surface area contributed by atoms with Crippen molar-refractivity contribution in [1.29, 1.82) is 0 Å². The molecule has 2 aromatic rings. The maximum atomic E-state index is 6.34. The Labute approximate surface area is 151 Å². The van der Waals surface area contributed by atoms with Gasteiger partial charge in [0, 0.05) is 37.0 Å². The van der Waals surface area contributed by atoms with Gasteiger partial charge in [-0.1, -0.05) is 23.4 Å². The summed E-state index contributed by atoms with van der Waals surface area (Å²) in [4.78, 5) is 0. The van der Waals surface area contributed by atoms with Gasteiger partial charge in [-0.25, -0.2) is 4.68 Å². The maximum absolute atomic E-state index is 6.34. The van der Waals surface area contributed by atoms with Crippen LogP contribution < -0.4 is 14.8 Å². The lowest BCUT2D eigenvalue weighted by Gasteiger charge is -2.14. The Morgan fingerprint density at radius 2 is 1.92 bits per heavy atom. The van der Waals surface area contributed by atoms with Gasteiger partial charge in [0.15, 0.2) is 11.5 Å². The van der Waals surface area contributed by atoms with Crippen LogP contribution in [0, 0.1) is 0 Å². The van der Waals surface area contributed by atoms with Crippen LogP contribution in [-0.2, 0) is 13.6 Å². The second kappa shape index (κ2) is 9.71. The van der Waals surface area contributed by atoms with Gasteiger partial charge in [0.25, 0.3) is 0 Å². The number of ether oxygens (including phenoxy) is 2. The number of hydrogen-bond acceptors (Lipinski definition) is 7. The van der Waals surface area contributed by atoms with E-state index in [-0.39, 0.29) is 0 Å². The van der Waals surface area contributed by atoms with E-state index >= 15 is 0 Å². The molecular formula is C15H22ClN5O2S. The van der Waals surface area contributed by atoms with Crippen molar-refractivity contribution in [3.8, 4) is 11.5 Å². The van der Waals surface area contributed by atoms with Crippen molar-refractivity contribution in [3.63, 3.8) is 0 Å². The minimum Gasteiger partial charge on any atom is -0.490 e. The zero-order chi connectivity index (χ0) is 17.4. The summed E-state index contributed by atoms with van der Waals surface area (Å²) in [6, 6.07) is 3.75. The van der Waals surface area contributed by atoms with Crippen LogP contribution in [-0.4, -0.2) is 45.7 Å². The van der Waals surface area contributed by atoms with Gasteiger partial charge >= 0.3 is 0 Å². The molecule has 0 spiro atoms. The summed E-state index contributed by atoms with van der Waals surface area (Å²) in [6.45, 7) is 6.50. The molecule has 0 atom stereocenters. The molecule has 0 bridgehead atoms. The number of benzene rings is 1. The fourth-order valence-electron chi connectivity index (χ4n) is 2.03. The molecule has 0 saturated heterocycles. The lowest BCUT2D eigenvalue weighted by Crippen LogP contribution is -2.17. The number of hydrogen-bond donors (Lipinski definition) is 1. The minimum atomic E-state index is 0.572. The summed E-state index contributed by atoms with van der Waals surface area (Å²) in [6.07, 6.45) is 0. The van der Waals surface area contributed by atoms with Crippen molar-refractivity contribution in [2.75, 3.05) is 25.5 Å². The highest BCUT2D eigenvalue weighted by atomic mass is 35.5. The standard InChI is InChI=1S/C15H22ClN5O2S/c1-4-22-13-8-11(12(16)9-14(13)23-5-2)10-17-6-7-24-15-18-19-20-21(15)3/h8-9,17H,4-7,10H2,1-3H3. The van der Waals surface area contributed by atoms with Crippen molar-refractivity contribution < 1.29 is 9.47 Å². The monoisotopic (exact) mass is 371 g/mol. The van der Waals surface area contributed by atoms with E-state index < -0.39 is 0 Å². The van der Waals surface area contributed by atoms with Gasteiger partial charge < -0.3 is 14.8 Å². The van der Waals surface area contributed by atoms with Crippen LogP contribution in [0.15, 0.2) is 17.3 Å². The maximum Gasteiger partial charge on any atom is 0.209 e. The van der Waals surface area contributed by atoms with Gasteiger partial charge in [0.1, 0.15) is 0 Å². The fraction of sp³-hybridized carbons (Fsp3) is 0.533. The molecule has 1 aromatic heterocycles. The first kappa shape index (κ1) is 18.8. The highest BCUT2D eigenvalue weighted by Crippen LogP contribution is 2.33. The predicted octanol–water partition coefficient (Wildman–Crippen LogP) is 2.54. The minimum absolute atomic E-state index is 0.572. The van der Waals surface area contributed by atoms with Gasteiger partial charge in [-0.15, -0.1) is 5.10 Å².